The van der Waals surface area contributed by atoms with Crippen molar-refractivity contribution in [2.75, 3.05) is 7.11 Å². The van der Waals surface area contributed by atoms with Crippen molar-refractivity contribution >= 4 is 0 Å². The van der Waals surface area contributed by atoms with Gasteiger partial charge in [0.2, 0.25) is 0 Å². The molecule has 53 valence electrons. The number of aliphatic hydroxyl groups is 1. The number of ether oxygens (including phenoxy) is 1. The van der Waals surface area contributed by atoms with Crippen LogP contribution in [-0.2, 0) is 6.61 Å². The van der Waals surface area contributed by atoms with Gasteiger partial charge in [-0.1, -0.05) is 12.1 Å². The highest BCUT2D eigenvalue weighted by molar-refractivity contribution is 5.31. The van der Waals surface area contributed by atoms with E-state index in [1.807, 2.05) is 0 Å². The molecule has 0 unspecified atom stereocenters. The van der Waals surface area contributed by atoms with Gasteiger partial charge in [-0.25, -0.2) is 0 Å². The molecule has 10 heavy (non-hydrogen) atoms. The van der Waals surface area contributed by atoms with Gasteiger partial charge in [0.1, 0.15) is 5.75 Å². The van der Waals surface area contributed by atoms with E-state index in [1.165, 1.54) is 0 Å². The summed E-state index contributed by atoms with van der Waals surface area (Å²) in [5, 5.41) is 8.76. The van der Waals surface area contributed by atoms with Gasteiger partial charge in [-0.15, -0.1) is 0 Å². The summed E-state index contributed by atoms with van der Waals surface area (Å²) in [5.41, 5.74) is 0.793. The van der Waals surface area contributed by atoms with Crippen molar-refractivity contribution in [2.45, 2.75) is 6.61 Å². The molecule has 1 aromatic rings. The fourth-order valence-corrected chi connectivity index (χ4v) is 0.768. The van der Waals surface area contributed by atoms with Crippen LogP contribution in [-0.4, -0.2) is 12.2 Å². The zero-order valence-corrected chi connectivity index (χ0v) is 5.79. The first-order valence-corrected chi connectivity index (χ1v) is 3.02. The highest BCUT2D eigenvalue weighted by atomic mass is 16.5. The van der Waals surface area contributed by atoms with Gasteiger partial charge in [0.25, 0.3) is 0 Å². The second kappa shape index (κ2) is 3.22. The summed E-state index contributed by atoms with van der Waals surface area (Å²) >= 11 is 0. The van der Waals surface area contributed by atoms with Crippen molar-refractivity contribution in [3.63, 3.8) is 0 Å². The van der Waals surface area contributed by atoms with E-state index >= 15 is 0 Å². The molecule has 0 atom stereocenters. The van der Waals surface area contributed by atoms with E-state index in [2.05, 4.69) is 6.07 Å². The van der Waals surface area contributed by atoms with Crippen molar-refractivity contribution < 1.29 is 9.84 Å². The summed E-state index contributed by atoms with van der Waals surface area (Å²) in [5.74, 6) is 0.685. The molecular formula is C8H9O2. The molecule has 0 amide bonds. The van der Waals surface area contributed by atoms with Crippen LogP contribution in [0.1, 0.15) is 5.56 Å². The van der Waals surface area contributed by atoms with E-state index < -0.39 is 0 Å². The Morgan fingerprint density at radius 3 is 3.00 bits per heavy atom. The number of rotatable bonds is 2. The molecule has 0 saturated carbocycles. The normalized spacial score (nSPS) is 9.40. The molecule has 0 saturated heterocycles. The van der Waals surface area contributed by atoms with Crippen molar-refractivity contribution in [3.8, 4) is 5.75 Å². The fourth-order valence-electron chi connectivity index (χ4n) is 0.768. The van der Waals surface area contributed by atoms with Crippen LogP contribution in [0.3, 0.4) is 0 Å². The third kappa shape index (κ3) is 1.28. The molecule has 0 bridgehead atoms. The minimum atomic E-state index is 0.0118. The number of hydrogen-bond acceptors (Lipinski definition) is 2. The summed E-state index contributed by atoms with van der Waals surface area (Å²) < 4.78 is 4.94. The van der Waals surface area contributed by atoms with Gasteiger partial charge in [0.05, 0.1) is 13.7 Å². The molecule has 2 nitrogen and oxygen atoms in total. The minimum Gasteiger partial charge on any atom is -0.496 e. The Balaban J connectivity index is 2.96. The first-order valence-electron chi connectivity index (χ1n) is 3.02. The van der Waals surface area contributed by atoms with Crippen molar-refractivity contribution in [1.82, 2.24) is 0 Å². The Hall–Kier alpha value is -1.02. The number of hydrogen-bond donors (Lipinski definition) is 1. The monoisotopic (exact) mass is 137 g/mol. The Morgan fingerprint density at radius 1 is 1.70 bits per heavy atom. The lowest BCUT2D eigenvalue weighted by Crippen LogP contribution is -1.90. The van der Waals surface area contributed by atoms with E-state index in [4.69, 9.17) is 9.84 Å². The molecule has 0 aliphatic heterocycles. The highest BCUT2D eigenvalue weighted by Crippen LogP contribution is 2.15. The van der Waals surface area contributed by atoms with Gasteiger partial charge in [0, 0.05) is 5.56 Å². The molecule has 0 aromatic heterocycles. The van der Waals surface area contributed by atoms with E-state index in [0.717, 1.165) is 5.56 Å². The lowest BCUT2D eigenvalue weighted by molar-refractivity contribution is 0.274. The number of benzene rings is 1. The van der Waals surface area contributed by atoms with Crippen molar-refractivity contribution in [3.05, 3.63) is 29.8 Å². The van der Waals surface area contributed by atoms with E-state index in [9.17, 15) is 0 Å². The van der Waals surface area contributed by atoms with Crippen molar-refractivity contribution in [2.24, 2.45) is 0 Å². The molecule has 1 N–H and O–H groups in total. The van der Waals surface area contributed by atoms with Gasteiger partial charge < -0.3 is 9.84 Å². The summed E-state index contributed by atoms with van der Waals surface area (Å²) in [6, 6.07) is 8.07. The third-order valence-electron chi connectivity index (χ3n) is 1.30. The van der Waals surface area contributed by atoms with E-state index in [1.54, 1.807) is 25.3 Å². The van der Waals surface area contributed by atoms with Crippen LogP contribution in [0.15, 0.2) is 18.2 Å². The van der Waals surface area contributed by atoms with Crippen LogP contribution < -0.4 is 4.74 Å². The third-order valence-corrected chi connectivity index (χ3v) is 1.30. The smallest absolute Gasteiger partial charge is 0.124 e. The molecule has 0 aliphatic rings. The van der Waals surface area contributed by atoms with Crippen LogP contribution in [0.25, 0.3) is 0 Å². The van der Waals surface area contributed by atoms with E-state index in [0.29, 0.717) is 5.75 Å². The molecule has 0 spiro atoms. The number of aliphatic hydroxyl groups excluding tert-OH is 1. The second-order valence-electron chi connectivity index (χ2n) is 1.90. The minimum absolute atomic E-state index is 0.0118. The average Bonchev–Trinajstić information content (AvgIpc) is 2.04. The Kier molecular flexibility index (Phi) is 2.29. The Labute approximate surface area is 60.1 Å². The Bertz CT molecular complexity index is 185. The summed E-state index contributed by atoms with van der Waals surface area (Å²) in [4.78, 5) is 0. The molecule has 1 rings (SSSR count). The van der Waals surface area contributed by atoms with Gasteiger partial charge in [-0.3, -0.25) is 0 Å². The van der Waals surface area contributed by atoms with Crippen LogP contribution in [0, 0.1) is 6.07 Å². The van der Waals surface area contributed by atoms with Gasteiger partial charge in [0.15, 0.2) is 0 Å². The highest BCUT2D eigenvalue weighted by Gasteiger charge is 1.96. The second-order valence-corrected chi connectivity index (χ2v) is 1.90. The first-order chi connectivity index (χ1) is 4.88. The van der Waals surface area contributed by atoms with Gasteiger partial charge >= 0.3 is 0 Å². The maximum Gasteiger partial charge on any atom is 0.124 e. The summed E-state index contributed by atoms with van der Waals surface area (Å²) in [6.45, 7) is 0.0118. The molecule has 0 aliphatic carbocycles. The predicted octanol–water partition coefficient (Wildman–Crippen LogP) is 0.988. The summed E-state index contributed by atoms with van der Waals surface area (Å²) in [7, 11) is 1.57. The quantitative estimate of drug-likeness (QED) is 0.658. The molecule has 1 radical (unpaired) electrons. The SMILES string of the molecule is COc1c[c]ccc1CO. The van der Waals surface area contributed by atoms with Crippen LogP contribution in [0.2, 0.25) is 0 Å². The van der Waals surface area contributed by atoms with Crippen LogP contribution in [0.5, 0.6) is 5.75 Å². The molecule has 2 heteroatoms. The molecule has 1 aromatic carbocycles. The average molecular weight is 137 g/mol. The standard InChI is InChI=1S/C8H9O2/c1-10-8-5-3-2-4-7(8)6-9/h2,4-5,9H,6H2,1H3. The van der Waals surface area contributed by atoms with E-state index in [-0.39, 0.29) is 6.61 Å². The van der Waals surface area contributed by atoms with Crippen LogP contribution in [0.4, 0.5) is 0 Å². The maximum atomic E-state index is 8.76. The van der Waals surface area contributed by atoms with Crippen LogP contribution >= 0.6 is 0 Å². The van der Waals surface area contributed by atoms with Gasteiger partial charge in [-0.2, -0.15) is 0 Å². The lowest BCUT2D eigenvalue weighted by Gasteiger charge is -2.02. The van der Waals surface area contributed by atoms with Crippen molar-refractivity contribution in [1.29, 1.82) is 0 Å². The van der Waals surface area contributed by atoms with Gasteiger partial charge in [-0.05, 0) is 12.1 Å². The fraction of sp³-hybridized carbons (Fsp3) is 0.250. The number of methoxy groups -OCH3 is 1. The molecule has 0 heterocycles. The summed E-state index contributed by atoms with van der Waals surface area (Å²) in [6.07, 6.45) is 0. The first kappa shape index (κ1) is 7.09. The molecule has 0 fully saturated rings. The predicted molar refractivity (Wildman–Crippen MR) is 37.8 cm³/mol. The largest absolute Gasteiger partial charge is 0.496 e. The zero-order valence-electron chi connectivity index (χ0n) is 5.79. The molecular weight excluding hydrogens is 128 g/mol. The lowest BCUT2D eigenvalue weighted by atomic mass is 10.2. The zero-order chi connectivity index (χ0) is 7.40. The topological polar surface area (TPSA) is 29.5 Å². The Morgan fingerprint density at radius 2 is 2.50 bits per heavy atom. The maximum absolute atomic E-state index is 8.76.